The number of carboxylic acid groups (broad SMARTS) is 1. The number of rotatable bonds is 8. The highest BCUT2D eigenvalue weighted by atomic mass is 16.5. The Morgan fingerprint density at radius 1 is 1.00 bits per heavy atom. The van der Waals surface area contributed by atoms with Crippen molar-refractivity contribution >= 4 is 29.5 Å². The Morgan fingerprint density at radius 3 is 2.45 bits per heavy atom. The standard InChI is InChI=1S/C24H24N4O5/c1-2-33-24(32)28-21(22(29)30)14-18-11-10-17(16-7-4-3-5-8-16)13-20(18)27-23(31)26-19-9-6-12-25-15-19/h3-13,15,21H,2,14H2,1H3,(H,28,32)(H,29,30)(H2,26,27,31)/t21-/m0/s1. The Hall–Kier alpha value is -4.40. The number of hydrogen-bond donors (Lipinski definition) is 4. The molecule has 0 saturated carbocycles. The molecule has 170 valence electrons. The smallest absolute Gasteiger partial charge is 0.407 e. The fraction of sp³-hybridized carbons (Fsp3) is 0.167. The predicted octanol–water partition coefficient (Wildman–Crippen LogP) is 4.13. The molecule has 0 spiro atoms. The normalized spacial score (nSPS) is 11.2. The van der Waals surface area contributed by atoms with Crippen LogP contribution >= 0.6 is 0 Å². The summed E-state index contributed by atoms with van der Waals surface area (Å²) in [7, 11) is 0. The van der Waals surface area contributed by atoms with Crippen LogP contribution < -0.4 is 16.0 Å². The minimum absolute atomic E-state index is 0.0638. The molecule has 0 radical (unpaired) electrons. The van der Waals surface area contributed by atoms with E-state index in [0.717, 1.165) is 11.1 Å². The number of carboxylic acids is 1. The van der Waals surface area contributed by atoms with Gasteiger partial charge in [-0.15, -0.1) is 0 Å². The van der Waals surface area contributed by atoms with Crippen LogP contribution in [0.5, 0.6) is 0 Å². The van der Waals surface area contributed by atoms with Crippen LogP contribution in [0.3, 0.4) is 0 Å². The minimum Gasteiger partial charge on any atom is -0.480 e. The molecular weight excluding hydrogens is 424 g/mol. The Morgan fingerprint density at radius 2 is 1.79 bits per heavy atom. The summed E-state index contributed by atoms with van der Waals surface area (Å²) in [5, 5.41) is 17.4. The van der Waals surface area contributed by atoms with Crippen molar-refractivity contribution in [3.8, 4) is 11.1 Å². The zero-order chi connectivity index (χ0) is 23.6. The van der Waals surface area contributed by atoms with E-state index in [9.17, 15) is 19.5 Å². The number of carbonyl (C=O) groups excluding carboxylic acids is 2. The van der Waals surface area contributed by atoms with E-state index < -0.39 is 24.1 Å². The number of anilines is 2. The molecule has 0 saturated heterocycles. The van der Waals surface area contributed by atoms with Crippen LogP contribution in [-0.2, 0) is 16.0 Å². The number of amides is 3. The highest BCUT2D eigenvalue weighted by molar-refractivity contribution is 6.00. The molecule has 0 aliphatic heterocycles. The molecule has 2 aromatic carbocycles. The minimum atomic E-state index is -1.24. The Kier molecular flexibility index (Phi) is 7.96. The van der Waals surface area contributed by atoms with E-state index in [1.54, 1.807) is 37.4 Å². The quantitative estimate of drug-likeness (QED) is 0.410. The summed E-state index contributed by atoms with van der Waals surface area (Å²) in [4.78, 5) is 40.1. The number of aromatic nitrogens is 1. The van der Waals surface area contributed by atoms with Crippen LogP contribution in [0.15, 0.2) is 73.1 Å². The van der Waals surface area contributed by atoms with Crippen molar-refractivity contribution in [2.75, 3.05) is 17.2 Å². The number of nitrogens with one attached hydrogen (secondary N) is 3. The van der Waals surface area contributed by atoms with Gasteiger partial charge in [0, 0.05) is 18.3 Å². The molecule has 1 atom stereocenters. The first-order valence-corrected chi connectivity index (χ1v) is 10.3. The summed E-state index contributed by atoms with van der Waals surface area (Å²) in [5.74, 6) is -1.22. The van der Waals surface area contributed by atoms with Crippen molar-refractivity contribution in [1.82, 2.24) is 10.3 Å². The van der Waals surface area contributed by atoms with Gasteiger partial charge >= 0.3 is 18.1 Å². The van der Waals surface area contributed by atoms with Crippen LogP contribution in [0, 0.1) is 0 Å². The Labute approximate surface area is 190 Å². The maximum absolute atomic E-state index is 12.6. The van der Waals surface area contributed by atoms with E-state index in [-0.39, 0.29) is 13.0 Å². The van der Waals surface area contributed by atoms with Gasteiger partial charge in [-0.25, -0.2) is 14.4 Å². The summed E-state index contributed by atoms with van der Waals surface area (Å²) < 4.78 is 4.80. The number of urea groups is 1. The summed E-state index contributed by atoms with van der Waals surface area (Å²) in [5.41, 5.74) is 3.21. The van der Waals surface area contributed by atoms with E-state index in [1.165, 1.54) is 6.20 Å². The highest BCUT2D eigenvalue weighted by Gasteiger charge is 2.23. The lowest BCUT2D eigenvalue weighted by atomic mass is 9.98. The molecule has 0 unspecified atom stereocenters. The number of ether oxygens (including phenoxy) is 1. The summed E-state index contributed by atoms with van der Waals surface area (Å²) in [6.07, 6.45) is 2.21. The summed E-state index contributed by atoms with van der Waals surface area (Å²) in [6, 6.07) is 16.5. The zero-order valence-corrected chi connectivity index (χ0v) is 17.9. The largest absolute Gasteiger partial charge is 0.480 e. The lowest BCUT2D eigenvalue weighted by Crippen LogP contribution is -2.42. The van der Waals surface area contributed by atoms with Crippen molar-refractivity contribution < 1.29 is 24.2 Å². The van der Waals surface area contributed by atoms with E-state index in [4.69, 9.17) is 4.74 Å². The molecule has 3 amide bonds. The van der Waals surface area contributed by atoms with Gasteiger partial charge in [-0.3, -0.25) is 4.98 Å². The van der Waals surface area contributed by atoms with Crippen molar-refractivity contribution in [2.45, 2.75) is 19.4 Å². The van der Waals surface area contributed by atoms with Gasteiger partial charge in [0.15, 0.2) is 0 Å². The molecule has 3 rings (SSSR count). The Bertz CT molecular complexity index is 1110. The maximum Gasteiger partial charge on any atom is 0.407 e. The number of carbonyl (C=O) groups is 3. The van der Waals surface area contributed by atoms with Gasteiger partial charge < -0.3 is 25.8 Å². The van der Waals surface area contributed by atoms with Crippen molar-refractivity contribution in [3.63, 3.8) is 0 Å². The van der Waals surface area contributed by atoms with Crippen molar-refractivity contribution in [1.29, 1.82) is 0 Å². The molecular formula is C24H24N4O5. The molecule has 0 aliphatic rings. The van der Waals surface area contributed by atoms with Gasteiger partial charge in [0.1, 0.15) is 6.04 Å². The first-order valence-electron chi connectivity index (χ1n) is 10.3. The molecule has 1 aromatic heterocycles. The average molecular weight is 448 g/mol. The van der Waals surface area contributed by atoms with Crippen LogP contribution in [0.1, 0.15) is 12.5 Å². The van der Waals surface area contributed by atoms with E-state index in [2.05, 4.69) is 20.9 Å². The predicted molar refractivity (Wildman–Crippen MR) is 124 cm³/mol. The second kappa shape index (κ2) is 11.3. The van der Waals surface area contributed by atoms with E-state index >= 15 is 0 Å². The molecule has 1 heterocycles. The fourth-order valence-corrected chi connectivity index (χ4v) is 3.14. The number of hydrogen-bond acceptors (Lipinski definition) is 5. The highest BCUT2D eigenvalue weighted by Crippen LogP contribution is 2.27. The molecule has 3 aromatic rings. The number of aliphatic carboxylic acids is 1. The number of nitrogens with zero attached hydrogens (tertiary/aromatic N) is 1. The van der Waals surface area contributed by atoms with Gasteiger partial charge in [-0.2, -0.15) is 0 Å². The monoisotopic (exact) mass is 448 g/mol. The third-order valence-corrected chi connectivity index (χ3v) is 4.67. The van der Waals surface area contributed by atoms with Crippen LogP contribution in [0.4, 0.5) is 21.0 Å². The van der Waals surface area contributed by atoms with Gasteiger partial charge in [0.2, 0.25) is 0 Å². The van der Waals surface area contributed by atoms with Gasteiger partial charge in [0.05, 0.1) is 18.5 Å². The zero-order valence-electron chi connectivity index (χ0n) is 17.9. The topological polar surface area (TPSA) is 130 Å². The van der Waals surface area contributed by atoms with Gasteiger partial charge in [-0.1, -0.05) is 42.5 Å². The molecule has 0 fully saturated rings. The molecule has 33 heavy (non-hydrogen) atoms. The third kappa shape index (κ3) is 6.79. The van der Waals surface area contributed by atoms with Crippen LogP contribution in [0.25, 0.3) is 11.1 Å². The molecule has 9 heteroatoms. The lowest BCUT2D eigenvalue weighted by molar-refractivity contribution is -0.139. The SMILES string of the molecule is CCOC(=O)N[C@@H](Cc1ccc(-c2ccccc2)cc1NC(=O)Nc1cccnc1)C(=O)O. The van der Waals surface area contributed by atoms with Crippen LogP contribution in [0.2, 0.25) is 0 Å². The van der Waals surface area contributed by atoms with Crippen molar-refractivity contribution in [2.24, 2.45) is 0 Å². The molecule has 9 nitrogen and oxygen atoms in total. The Balaban J connectivity index is 1.88. The first kappa shape index (κ1) is 23.3. The van der Waals surface area contributed by atoms with Gasteiger partial charge in [-0.05, 0) is 41.8 Å². The van der Waals surface area contributed by atoms with Gasteiger partial charge in [0.25, 0.3) is 0 Å². The molecule has 0 bridgehead atoms. The lowest BCUT2D eigenvalue weighted by Gasteiger charge is -2.18. The average Bonchev–Trinajstić information content (AvgIpc) is 2.81. The molecule has 4 N–H and O–H groups in total. The van der Waals surface area contributed by atoms with Crippen LogP contribution in [-0.4, -0.2) is 40.8 Å². The summed E-state index contributed by atoms with van der Waals surface area (Å²) in [6.45, 7) is 1.74. The number of benzene rings is 2. The molecule has 0 aliphatic carbocycles. The number of pyridine rings is 1. The van der Waals surface area contributed by atoms with E-state index in [0.29, 0.717) is 16.9 Å². The fourth-order valence-electron chi connectivity index (χ4n) is 3.14. The second-order valence-corrected chi connectivity index (χ2v) is 7.02. The second-order valence-electron chi connectivity index (χ2n) is 7.02. The number of alkyl carbamates (subject to hydrolysis) is 1. The summed E-state index contributed by atoms with van der Waals surface area (Å²) >= 11 is 0. The first-order chi connectivity index (χ1) is 16.0. The third-order valence-electron chi connectivity index (χ3n) is 4.67. The van der Waals surface area contributed by atoms with E-state index in [1.807, 2.05) is 36.4 Å². The maximum atomic E-state index is 12.6. The van der Waals surface area contributed by atoms with Crippen molar-refractivity contribution in [3.05, 3.63) is 78.6 Å².